The van der Waals surface area contributed by atoms with Gasteiger partial charge < -0.3 is 15.9 Å². The van der Waals surface area contributed by atoms with Crippen molar-refractivity contribution in [1.82, 2.24) is 20.3 Å². The molecule has 0 fully saturated rings. The van der Waals surface area contributed by atoms with Crippen LogP contribution >= 0.6 is 11.8 Å². The maximum absolute atomic E-state index is 12.4. The van der Waals surface area contributed by atoms with Crippen LogP contribution in [0.1, 0.15) is 56.4 Å². The van der Waals surface area contributed by atoms with Gasteiger partial charge in [-0.1, -0.05) is 11.3 Å². The molecule has 0 radical (unpaired) electrons. The predicted octanol–water partition coefficient (Wildman–Crippen LogP) is 3.98. The van der Waals surface area contributed by atoms with Gasteiger partial charge >= 0.3 is 6.36 Å². The van der Waals surface area contributed by atoms with Crippen LogP contribution < -0.4 is 11.2 Å². The Morgan fingerprint density at radius 1 is 1.44 bits per heavy atom. The summed E-state index contributed by atoms with van der Waals surface area (Å²) in [4.78, 5) is 11.9. The van der Waals surface area contributed by atoms with Gasteiger partial charge in [0.25, 0.3) is 5.91 Å². The molecule has 1 aromatic rings. The van der Waals surface area contributed by atoms with E-state index in [2.05, 4.69) is 25.5 Å². The summed E-state index contributed by atoms with van der Waals surface area (Å²) in [5, 5.41) is 15.2. The molecule has 1 amide bonds. The molecule has 1 aromatic heterocycles. The van der Waals surface area contributed by atoms with Crippen LogP contribution in [-0.2, 0) is 11.3 Å². The number of aromatic nitrogens is 3. The molecule has 0 spiro atoms. The van der Waals surface area contributed by atoms with Crippen molar-refractivity contribution in [2.45, 2.75) is 64.9 Å². The normalized spacial score (nSPS) is 16.9. The zero-order chi connectivity index (χ0) is 23.6. The lowest BCUT2D eigenvalue weighted by Gasteiger charge is -2.18. The number of alkyl halides is 3. The highest BCUT2D eigenvalue weighted by Gasteiger charge is 2.32. The molecule has 178 valence electrons. The summed E-state index contributed by atoms with van der Waals surface area (Å²) in [5.74, 6) is 5.75. The van der Waals surface area contributed by atoms with Gasteiger partial charge in [-0.25, -0.2) is 0 Å². The number of ether oxygens (including phenoxy) is 1. The summed E-state index contributed by atoms with van der Waals surface area (Å²) >= 11 is 1.51. The first kappa shape index (κ1) is 25.8. The van der Waals surface area contributed by atoms with Gasteiger partial charge in [-0.2, -0.15) is 5.10 Å². The molecule has 8 nitrogen and oxygen atoms in total. The first-order valence-corrected chi connectivity index (χ1v) is 11.4. The number of halogens is 3. The van der Waals surface area contributed by atoms with Gasteiger partial charge in [0, 0.05) is 12.6 Å². The minimum absolute atomic E-state index is 0.0155. The van der Waals surface area contributed by atoms with Gasteiger partial charge in [-0.3, -0.25) is 9.48 Å². The highest BCUT2D eigenvalue weighted by atomic mass is 32.2. The fourth-order valence-electron chi connectivity index (χ4n) is 3.02. The van der Waals surface area contributed by atoms with Crippen LogP contribution in [-0.4, -0.2) is 44.1 Å². The quantitative estimate of drug-likeness (QED) is 0.165. The van der Waals surface area contributed by atoms with Crippen molar-refractivity contribution >= 4 is 22.7 Å². The summed E-state index contributed by atoms with van der Waals surface area (Å²) < 4.78 is 42.7. The molecule has 32 heavy (non-hydrogen) atoms. The molecule has 12 heteroatoms. The SMILES string of the molecule is CC(C)NC(=O)c1cn(CCCC/C(=N/N)SCCC2C=C(OC(F)(F)F)C=CC2)nn1. The topological polar surface area (TPSA) is 107 Å². The Bertz CT molecular complexity index is 836. The maximum atomic E-state index is 12.4. The first-order chi connectivity index (χ1) is 15.2. The number of hydrazone groups is 1. The number of hydrogen-bond donors (Lipinski definition) is 2. The molecule has 0 saturated heterocycles. The molecule has 1 aliphatic rings. The van der Waals surface area contributed by atoms with E-state index in [1.807, 2.05) is 13.8 Å². The van der Waals surface area contributed by atoms with Crippen LogP contribution in [0.5, 0.6) is 0 Å². The van der Waals surface area contributed by atoms with E-state index < -0.39 is 6.36 Å². The lowest BCUT2D eigenvalue weighted by Crippen LogP contribution is -2.30. The number of nitrogens with zero attached hydrogens (tertiary/aromatic N) is 4. The summed E-state index contributed by atoms with van der Waals surface area (Å²) in [5.41, 5.74) is 0.286. The van der Waals surface area contributed by atoms with Crippen molar-refractivity contribution in [2.24, 2.45) is 16.9 Å². The average molecular weight is 475 g/mol. The first-order valence-electron chi connectivity index (χ1n) is 10.4. The lowest BCUT2D eigenvalue weighted by molar-refractivity contribution is -0.303. The largest absolute Gasteiger partial charge is 0.573 e. The molecule has 0 bridgehead atoms. The zero-order valence-electron chi connectivity index (χ0n) is 18.1. The predicted molar refractivity (Wildman–Crippen MR) is 118 cm³/mol. The van der Waals surface area contributed by atoms with Gasteiger partial charge in [-0.15, -0.1) is 30.0 Å². The third-order valence-electron chi connectivity index (χ3n) is 4.47. The molecule has 1 unspecified atom stereocenters. The van der Waals surface area contributed by atoms with Crippen LogP contribution in [0.2, 0.25) is 0 Å². The summed E-state index contributed by atoms with van der Waals surface area (Å²) in [6.45, 7) is 4.37. The number of unbranched alkanes of at least 4 members (excludes halogenated alkanes) is 1. The Morgan fingerprint density at radius 2 is 2.22 bits per heavy atom. The van der Waals surface area contributed by atoms with Crippen molar-refractivity contribution in [3.63, 3.8) is 0 Å². The molecule has 1 heterocycles. The van der Waals surface area contributed by atoms with Crippen LogP contribution in [0.4, 0.5) is 13.2 Å². The average Bonchev–Trinajstić information content (AvgIpc) is 3.17. The van der Waals surface area contributed by atoms with E-state index in [-0.39, 0.29) is 29.3 Å². The monoisotopic (exact) mass is 474 g/mol. The number of hydrogen-bond acceptors (Lipinski definition) is 7. The minimum atomic E-state index is -4.68. The number of thioether (sulfide) groups is 1. The van der Waals surface area contributed by atoms with E-state index in [0.717, 1.165) is 17.9 Å². The second kappa shape index (κ2) is 12.5. The Labute approximate surface area is 189 Å². The Kier molecular flexibility index (Phi) is 10.1. The Balaban J connectivity index is 1.66. The standard InChI is InChI=1S/C20H29F3N6O2S/c1-14(2)25-19(30)17-13-29(28-27-17)10-4-3-8-18(26-24)32-11-9-15-6-5-7-16(12-15)31-20(21,22)23/h5,7,12-15H,3-4,6,8-11,24H2,1-2H3,(H,25,30)/b26-18-. The zero-order valence-corrected chi connectivity index (χ0v) is 19.0. The third kappa shape index (κ3) is 9.75. The second-order valence-electron chi connectivity index (χ2n) is 7.63. The van der Waals surface area contributed by atoms with Gasteiger partial charge in [0.05, 0.1) is 11.2 Å². The fraction of sp³-hybridized carbons (Fsp3) is 0.600. The van der Waals surface area contributed by atoms with E-state index in [1.165, 1.54) is 23.9 Å². The van der Waals surface area contributed by atoms with Gasteiger partial charge in [0.15, 0.2) is 5.69 Å². The number of amides is 1. The summed E-state index contributed by atoms with van der Waals surface area (Å²) in [6, 6.07) is 0.0278. The minimum Gasteiger partial charge on any atom is -0.406 e. The van der Waals surface area contributed by atoms with E-state index >= 15 is 0 Å². The van der Waals surface area contributed by atoms with E-state index in [0.29, 0.717) is 31.6 Å². The number of rotatable bonds is 11. The van der Waals surface area contributed by atoms with Crippen molar-refractivity contribution in [3.8, 4) is 0 Å². The molecule has 3 N–H and O–H groups in total. The number of aryl methyl sites for hydroxylation is 1. The highest BCUT2D eigenvalue weighted by molar-refractivity contribution is 8.13. The smallest absolute Gasteiger partial charge is 0.406 e. The third-order valence-corrected chi connectivity index (χ3v) is 5.56. The molecule has 0 saturated carbocycles. The molecule has 2 rings (SSSR count). The van der Waals surface area contributed by atoms with Crippen LogP contribution in [0, 0.1) is 5.92 Å². The molecule has 0 aromatic carbocycles. The molecular formula is C20H29F3N6O2S. The van der Waals surface area contributed by atoms with E-state index in [9.17, 15) is 18.0 Å². The van der Waals surface area contributed by atoms with Crippen LogP contribution in [0.3, 0.4) is 0 Å². The molecule has 1 aliphatic carbocycles. The van der Waals surface area contributed by atoms with Crippen molar-refractivity contribution < 1.29 is 22.7 Å². The van der Waals surface area contributed by atoms with Gasteiger partial charge in [0.1, 0.15) is 5.76 Å². The van der Waals surface area contributed by atoms with E-state index in [1.54, 1.807) is 17.0 Å². The number of nitrogens with two attached hydrogens (primary N) is 1. The van der Waals surface area contributed by atoms with Gasteiger partial charge in [0.2, 0.25) is 0 Å². The number of carbonyl (C=O) groups is 1. The Hall–Kier alpha value is -2.50. The fourth-order valence-corrected chi connectivity index (χ4v) is 4.04. The van der Waals surface area contributed by atoms with Gasteiger partial charge in [-0.05, 0) is 69.8 Å². The lowest BCUT2D eigenvalue weighted by atomic mass is 9.97. The van der Waals surface area contributed by atoms with Crippen LogP contribution in [0.25, 0.3) is 0 Å². The Morgan fingerprint density at radius 3 is 2.91 bits per heavy atom. The highest BCUT2D eigenvalue weighted by Crippen LogP contribution is 2.28. The number of allylic oxidation sites excluding steroid dienone is 3. The van der Waals surface area contributed by atoms with Crippen LogP contribution in [0.15, 0.2) is 35.3 Å². The molecular weight excluding hydrogens is 445 g/mol. The molecule has 1 atom stereocenters. The summed E-state index contributed by atoms with van der Waals surface area (Å²) in [6.07, 6.45) is 5.19. The number of carbonyl (C=O) groups excluding carboxylic acids is 1. The summed E-state index contributed by atoms with van der Waals surface area (Å²) in [7, 11) is 0. The van der Waals surface area contributed by atoms with Crippen molar-refractivity contribution in [2.75, 3.05) is 5.75 Å². The maximum Gasteiger partial charge on any atom is 0.573 e. The molecule has 0 aliphatic heterocycles. The number of nitrogens with one attached hydrogen (secondary N) is 1. The van der Waals surface area contributed by atoms with Crippen molar-refractivity contribution in [3.05, 3.63) is 35.9 Å². The van der Waals surface area contributed by atoms with Crippen molar-refractivity contribution in [1.29, 1.82) is 0 Å². The van der Waals surface area contributed by atoms with E-state index in [4.69, 9.17) is 5.84 Å². The second-order valence-corrected chi connectivity index (χ2v) is 8.80.